The summed E-state index contributed by atoms with van der Waals surface area (Å²) in [4.78, 5) is 33.7. The molecule has 3 aromatic carbocycles. The second kappa shape index (κ2) is 21.8. The fourth-order valence-electron chi connectivity index (χ4n) is 7.88. The number of allylic oxidation sites excluding steroid dienone is 1. The molecule has 13 nitrogen and oxygen atoms in total. The monoisotopic (exact) mass is 933 g/mol. The van der Waals surface area contributed by atoms with Gasteiger partial charge in [0.05, 0.1) is 76.0 Å². The molecule has 1 aliphatic rings. The van der Waals surface area contributed by atoms with Crippen molar-refractivity contribution in [3.8, 4) is 15.4 Å². The molecule has 1 amide bonds. The number of aliphatic imine (C=N–C) groups is 1. The van der Waals surface area contributed by atoms with Crippen LogP contribution in [0.25, 0.3) is 37.2 Å². The quantitative estimate of drug-likeness (QED) is 0.0504. The molecule has 1 aliphatic heterocycles. The molecule has 0 saturated heterocycles. The van der Waals surface area contributed by atoms with Gasteiger partial charge in [-0.15, -0.1) is 32.9 Å². The van der Waals surface area contributed by atoms with E-state index in [2.05, 4.69) is 83.0 Å². The molecule has 65 heavy (non-hydrogen) atoms. The van der Waals surface area contributed by atoms with Gasteiger partial charge in [0.1, 0.15) is 16.9 Å². The van der Waals surface area contributed by atoms with Crippen molar-refractivity contribution in [3.05, 3.63) is 135 Å². The van der Waals surface area contributed by atoms with Gasteiger partial charge in [-0.25, -0.2) is 0 Å². The largest absolute Gasteiger partial charge is 0.378 e. The molecule has 5 heterocycles. The fraction of sp³-hybridized carbons (Fsp3) is 0.327. The van der Waals surface area contributed by atoms with E-state index in [0.29, 0.717) is 83.3 Å². The topological polar surface area (TPSA) is 143 Å². The second-order valence-corrected chi connectivity index (χ2v) is 18.1. The first-order chi connectivity index (χ1) is 31.7. The van der Waals surface area contributed by atoms with Crippen LogP contribution in [-0.2, 0) is 30.3 Å². The molecular weight excluding hydrogens is 882 g/mol. The van der Waals surface area contributed by atoms with Crippen LogP contribution in [0, 0.1) is 20.8 Å². The van der Waals surface area contributed by atoms with Crippen molar-refractivity contribution in [2.45, 2.75) is 39.8 Å². The molecule has 7 aromatic rings. The standard InChI is InChI=1S/C49H52ClN7O6S2/c1-5-45(59)57-41-15-8-34(27-39(41)38-14-11-36(28-42(38)57)43-7-6-26-64-43)30-51-16-18-60-20-22-62-24-25-63-23-21-61-19-17-52-44(58)29-40-48-55-54-33(4)56(48)49-46(31(2)32(3)65-49)47(53-40)35-9-12-37(50)13-10-35/h5-15,26-28,40,51H,1,16-25,29-30H2,2-4H3,(H,52,58)/t40-/m0/s1. The molecule has 0 bridgehead atoms. The molecule has 8 rings (SSSR count). The van der Waals surface area contributed by atoms with Crippen molar-refractivity contribution < 1.29 is 28.5 Å². The number of hydrogen-bond donors (Lipinski definition) is 2. The van der Waals surface area contributed by atoms with Crippen molar-refractivity contribution >= 4 is 73.6 Å². The number of thiophene rings is 2. The molecular formula is C49H52ClN7O6S2. The first-order valence-electron chi connectivity index (χ1n) is 21.6. The number of aryl methyl sites for hydroxylation is 2. The molecule has 2 N–H and O–H groups in total. The Kier molecular flexibility index (Phi) is 15.5. The highest BCUT2D eigenvalue weighted by atomic mass is 35.5. The lowest BCUT2D eigenvalue weighted by atomic mass is 9.99. The van der Waals surface area contributed by atoms with Crippen LogP contribution in [0.15, 0.2) is 95.8 Å². The highest BCUT2D eigenvalue weighted by molar-refractivity contribution is 7.15. The molecule has 0 saturated carbocycles. The number of fused-ring (bicyclic) bond motifs is 6. The summed E-state index contributed by atoms with van der Waals surface area (Å²) in [5, 5.41) is 21.0. The predicted octanol–water partition coefficient (Wildman–Crippen LogP) is 8.82. The lowest BCUT2D eigenvalue weighted by Gasteiger charge is -2.13. The van der Waals surface area contributed by atoms with E-state index in [0.717, 1.165) is 71.0 Å². The zero-order valence-electron chi connectivity index (χ0n) is 36.7. The molecule has 0 radical (unpaired) electrons. The van der Waals surface area contributed by atoms with E-state index in [4.69, 9.17) is 35.5 Å². The number of carbonyl (C=O) groups is 2. The number of carbonyl (C=O) groups excluding carboxylic acids is 2. The third-order valence-corrected chi connectivity index (χ3v) is 13.6. The number of nitrogens with zero attached hydrogens (tertiary/aromatic N) is 5. The van der Waals surface area contributed by atoms with Crippen LogP contribution in [0.5, 0.6) is 0 Å². The van der Waals surface area contributed by atoms with E-state index in [-0.39, 0.29) is 18.2 Å². The summed E-state index contributed by atoms with van der Waals surface area (Å²) < 4.78 is 26.5. The molecule has 0 fully saturated rings. The van der Waals surface area contributed by atoms with Crippen LogP contribution >= 0.6 is 34.3 Å². The Morgan fingerprint density at radius 2 is 1.52 bits per heavy atom. The van der Waals surface area contributed by atoms with E-state index < -0.39 is 6.04 Å². The number of benzene rings is 3. The zero-order valence-corrected chi connectivity index (χ0v) is 39.1. The smallest absolute Gasteiger partial charge is 0.254 e. The second-order valence-electron chi connectivity index (χ2n) is 15.5. The maximum absolute atomic E-state index is 13.2. The van der Waals surface area contributed by atoms with Crippen LogP contribution in [0.1, 0.15) is 56.0 Å². The van der Waals surface area contributed by atoms with Crippen LogP contribution in [0.2, 0.25) is 5.02 Å². The summed E-state index contributed by atoms with van der Waals surface area (Å²) in [7, 11) is 0. The van der Waals surface area contributed by atoms with Gasteiger partial charge in [0, 0.05) is 56.3 Å². The predicted molar refractivity (Wildman–Crippen MR) is 259 cm³/mol. The summed E-state index contributed by atoms with van der Waals surface area (Å²) >= 11 is 9.58. The van der Waals surface area contributed by atoms with E-state index in [1.807, 2.05) is 47.9 Å². The lowest BCUT2D eigenvalue weighted by Crippen LogP contribution is -2.29. The van der Waals surface area contributed by atoms with Gasteiger partial charge in [0.25, 0.3) is 5.91 Å². The number of halogens is 1. The zero-order chi connectivity index (χ0) is 45.3. The first kappa shape index (κ1) is 46.2. The molecule has 4 aromatic heterocycles. The van der Waals surface area contributed by atoms with E-state index >= 15 is 0 Å². The molecule has 1 atom stereocenters. The van der Waals surface area contributed by atoms with Gasteiger partial charge in [-0.1, -0.05) is 54.6 Å². The minimum atomic E-state index is -0.536. The van der Waals surface area contributed by atoms with Crippen LogP contribution in [0.3, 0.4) is 0 Å². The number of aromatic nitrogens is 4. The number of ether oxygens (including phenoxy) is 4. The van der Waals surface area contributed by atoms with Crippen molar-refractivity contribution in [1.29, 1.82) is 0 Å². The Morgan fingerprint density at radius 1 is 0.815 bits per heavy atom. The van der Waals surface area contributed by atoms with E-state index in [1.165, 1.54) is 11.0 Å². The van der Waals surface area contributed by atoms with Crippen LogP contribution in [0.4, 0.5) is 0 Å². The minimum absolute atomic E-state index is 0.110. The molecule has 16 heteroatoms. The van der Waals surface area contributed by atoms with Crippen LogP contribution in [-0.4, -0.2) is 103 Å². The van der Waals surface area contributed by atoms with Gasteiger partial charge in [0.2, 0.25) is 5.91 Å². The van der Waals surface area contributed by atoms with Crippen molar-refractivity contribution in [1.82, 2.24) is 30.0 Å². The maximum Gasteiger partial charge on any atom is 0.254 e. The lowest BCUT2D eigenvalue weighted by molar-refractivity contribution is -0.121. The summed E-state index contributed by atoms with van der Waals surface area (Å²) in [6, 6.07) is 23.7. The minimum Gasteiger partial charge on any atom is -0.378 e. The highest BCUT2D eigenvalue weighted by Gasteiger charge is 2.32. The molecule has 338 valence electrons. The van der Waals surface area contributed by atoms with Gasteiger partial charge in [-0.05, 0) is 85.3 Å². The summed E-state index contributed by atoms with van der Waals surface area (Å²) in [5.74, 6) is 1.08. The normalized spacial score (nSPS) is 13.5. The maximum atomic E-state index is 13.2. The Balaban J connectivity index is 0.684. The summed E-state index contributed by atoms with van der Waals surface area (Å²) in [6.45, 7) is 15.1. The number of hydrogen-bond acceptors (Lipinski definition) is 12. The van der Waals surface area contributed by atoms with Crippen LogP contribution < -0.4 is 10.6 Å². The van der Waals surface area contributed by atoms with E-state index in [9.17, 15) is 9.59 Å². The number of amides is 1. The Morgan fingerprint density at radius 3 is 2.23 bits per heavy atom. The summed E-state index contributed by atoms with van der Waals surface area (Å²) in [6.07, 6.45) is 1.47. The third kappa shape index (κ3) is 10.7. The van der Waals surface area contributed by atoms with Gasteiger partial charge in [-0.2, -0.15) is 0 Å². The van der Waals surface area contributed by atoms with Gasteiger partial charge >= 0.3 is 0 Å². The summed E-state index contributed by atoms with van der Waals surface area (Å²) in [5.41, 5.74) is 7.85. The SMILES string of the molecule is C=CC(=O)n1c2ccc(CNCCOCCOCCOCCOCCNC(=O)C[C@@H]3N=C(c4ccc(Cl)cc4)c4c(sc(C)c4C)-n4c(C)nnc43)cc2c2ccc(-c3cccs3)cc21. The average Bonchev–Trinajstić information content (AvgIpc) is 4.10. The molecule has 0 unspecified atom stereocenters. The molecule has 0 aliphatic carbocycles. The van der Waals surface area contributed by atoms with Crippen molar-refractivity contribution in [2.75, 3.05) is 65.9 Å². The average molecular weight is 935 g/mol. The number of rotatable bonds is 22. The fourth-order valence-corrected chi connectivity index (χ4v) is 9.95. The third-order valence-electron chi connectivity index (χ3n) is 11.2. The Bertz CT molecular complexity index is 2810. The van der Waals surface area contributed by atoms with Gasteiger partial charge < -0.3 is 29.6 Å². The Labute approximate surface area is 391 Å². The first-order valence-corrected chi connectivity index (χ1v) is 23.7. The van der Waals surface area contributed by atoms with Gasteiger partial charge in [-0.3, -0.25) is 23.7 Å². The highest BCUT2D eigenvalue weighted by Crippen LogP contribution is 2.40. The molecule has 0 spiro atoms. The number of nitrogens with one attached hydrogen (secondary N) is 2. The van der Waals surface area contributed by atoms with Crippen molar-refractivity contribution in [2.24, 2.45) is 4.99 Å². The van der Waals surface area contributed by atoms with Crippen molar-refractivity contribution in [3.63, 3.8) is 0 Å². The Hall–Kier alpha value is -5.36. The van der Waals surface area contributed by atoms with E-state index in [1.54, 1.807) is 27.2 Å². The van der Waals surface area contributed by atoms with Gasteiger partial charge in [0.15, 0.2) is 5.82 Å².